The van der Waals surface area contributed by atoms with Crippen molar-refractivity contribution in [1.29, 1.82) is 0 Å². The van der Waals surface area contributed by atoms with Crippen molar-refractivity contribution >= 4 is 33.5 Å². The molecule has 2 aromatic rings. The van der Waals surface area contributed by atoms with Crippen molar-refractivity contribution in [2.45, 2.75) is 32.7 Å². The summed E-state index contributed by atoms with van der Waals surface area (Å²) in [5.41, 5.74) is 3.03. The second-order valence-corrected chi connectivity index (χ2v) is 7.79. The van der Waals surface area contributed by atoms with E-state index in [4.69, 9.17) is 9.98 Å². The Morgan fingerprint density at radius 2 is 2.12 bits per heavy atom. The van der Waals surface area contributed by atoms with E-state index in [0.717, 1.165) is 52.5 Å². The highest BCUT2D eigenvalue weighted by atomic mass is 32.1. The summed E-state index contributed by atoms with van der Waals surface area (Å²) in [4.78, 5) is 12.3. The molecule has 4 rings (SSSR count). The molecule has 126 valence electrons. The molecule has 1 saturated heterocycles. The molecule has 6 heteroatoms. The number of benzene rings is 1. The monoisotopic (exact) mass is 341 g/mol. The summed E-state index contributed by atoms with van der Waals surface area (Å²) in [6.45, 7) is 9.49. The number of piperazine rings is 1. The first-order chi connectivity index (χ1) is 11.6. The average Bonchev–Trinajstić information content (AvgIpc) is 2.91. The van der Waals surface area contributed by atoms with Crippen LogP contribution in [0.2, 0.25) is 0 Å². The Labute approximate surface area is 146 Å². The highest BCUT2D eigenvalue weighted by Gasteiger charge is 2.28. The molecule has 0 aliphatic carbocycles. The van der Waals surface area contributed by atoms with Crippen LogP contribution in [0.15, 0.2) is 29.3 Å². The van der Waals surface area contributed by atoms with E-state index in [9.17, 15) is 0 Å². The Morgan fingerprint density at radius 1 is 1.29 bits per heavy atom. The summed E-state index contributed by atoms with van der Waals surface area (Å²) >= 11 is 1.74. The Kier molecular flexibility index (Phi) is 4.02. The zero-order valence-corrected chi connectivity index (χ0v) is 15.2. The molecule has 0 amide bonds. The first kappa shape index (κ1) is 15.6. The molecule has 1 fully saturated rings. The Balaban J connectivity index is 1.83. The molecule has 3 heterocycles. The second kappa shape index (κ2) is 6.18. The van der Waals surface area contributed by atoms with Crippen LogP contribution in [-0.2, 0) is 0 Å². The van der Waals surface area contributed by atoms with Gasteiger partial charge in [-0.3, -0.25) is 0 Å². The minimum absolute atomic E-state index is 0.419. The molecule has 2 N–H and O–H groups in total. The third-order valence-electron chi connectivity index (χ3n) is 4.40. The molecule has 1 aromatic carbocycles. The van der Waals surface area contributed by atoms with Crippen LogP contribution < -0.4 is 10.6 Å². The number of fused-ring (bicyclic) bond motifs is 2. The van der Waals surface area contributed by atoms with E-state index in [1.165, 1.54) is 0 Å². The number of para-hydroxylation sites is 2. The summed E-state index contributed by atoms with van der Waals surface area (Å²) in [5, 5.41) is 9.32. The molecule has 1 atom stereocenters. The molecule has 2 aliphatic rings. The summed E-state index contributed by atoms with van der Waals surface area (Å²) < 4.78 is 0. The van der Waals surface area contributed by atoms with Crippen molar-refractivity contribution in [3.63, 3.8) is 0 Å². The highest BCUT2D eigenvalue weighted by Crippen LogP contribution is 2.39. The topological polar surface area (TPSA) is 52.6 Å². The van der Waals surface area contributed by atoms with Crippen molar-refractivity contribution in [2.24, 2.45) is 4.99 Å². The van der Waals surface area contributed by atoms with Crippen molar-refractivity contribution in [1.82, 2.24) is 15.2 Å². The number of rotatable bonds is 1. The Bertz CT molecular complexity index is 779. The van der Waals surface area contributed by atoms with Crippen molar-refractivity contribution in [3.8, 4) is 0 Å². The van der Waals surface area contributed by atoms with E-state index in [1.54, 1.807) is 11.3 Å². The van der Waals surface area contributed by atoms with Gasteiger partial charge in [0.2, 0.25) is 0 Å². The fourth-order valence-corrected chi connectivity index (χ4v) is 4.11. The zero-order valence-electron chi connectivity index (χ0n) is 14.3. The number of hydrogen-bond donors (Lipinski definition) is 2. The minimum Gasteiger partial charge on any atom is -0.352 e. The summed E-state index contributed by atoms with van der Waals surface area (Å²) in [6, 6.07) is 8.69. The largest absolute Gasteiger partial charge is 0.352 e. The number of thiazole rings is 1. The molecule has 2 aliphatic heterocycles. The summed E-state index contributed by atoms with van der Waals surface area (Å²) in [7, 11) is 0. The van der Waals surface area contributed by atoms with Gasteiger partial charge < -0.3 is 15.5 Å². The number of nitrogens with zero attached hydrogens (tertiary/aromatic N) is 3. The fraction of sp³-hybridized carbons (Fsp3) is 0.444. The van der Waals surface area contributed by atoms with Gasteiger partial charge in [0.25, 0.3) is 0 Å². The predicted octanol–water partition coefficient (Wildman–Crippen LogP) is 3.70. The SMILES string of the molecule is CC(C)c1nc2c(s1)Nc1ccccc1N=C2N1CCN[C@@H](C)C1. The summed E-state index contributed by atoms with van der Waals surface area (Å²) in [6.07, 6.45) is 0. The lowest BCUT2D eigenvalue weighted by atomic mass is 10.2. The number of anilines is 2. The van der Waals surface area contributed by atoms with Crippen LogP contribution in [0.25, 0.3) is 0 Å². The van der Waals surface area contributed by atoms with Gasteiger partial charge in [-0.25, -0.2) is 9.98 Å². The van der Waals surface area contributed by atoms with Gasteiger partial charge in [0.1, 0.15) is 10.7 Å². The minimum atomic E-state index is 0.419. The van der Waals surface area contributed by atoms with E-state index >= 15 is 0 Å². The molecule has 5 nitrogen and oxygen atoms in total. The number of hydrogen-bond acceptors (Lipinski definition) is 6. The molecule has 24 heavy (non-hydrogen) atoms. The van der Waals surface area contributed by atoms with Crippen LogP contribution in [0, 0.1) is 0 Å². The first-order valence-corrected chi connectivity index (χ1v) is 9.37. The van der Waals surface area contributed by atoms with Gasteiger partial charge in [-0.2, -0.15) is 0 Å². The van der Waals surface area contributed by atoms with Crippen LogP contribution >= 0.6 is 11.3 Å². The van der Waals surface area contributed by atoms with E-state index in [-0.39, 0.29) is 0 Å². The number of aromatic nitrogens is 1. The molecule has 0 unspecified atom stereocenters. The van der Waals surface area contributed by atoms with Crippen LogP contribution in [-0.4, -0.2) is 41.4 Å². The Hall–Kier alpha value is -1.92. The third-order valence-corrected chi connectivity index (χ3v) is 5.67. The lowest BCUT2D eigenvalue weighted by Gasteiger charge is -2.33. The lowest BCUT2D eigenvalue weighted by molar-refractivity contribution is 0.304. The number of aliphatic imine (C=N–C) groups is 1. The van der Waals surface area contributed by atoms with Gasteiger partial charge in [0.05, 0.1) is 16.4 Å². The van der Waals surface area contributed by atoms with Gasteiger partial charge in [-0.05, 0) is 19.1 Å². The van der Waals surface area contributed by atoms with Crippen LogP contribution in [0.3, 0.4) is 0 Å². The maximum atomic E-state index is 5.01. The van der Waals surface area contributed by atoms with Gasteiger partial charge >= 0.3 is 0 Å². The maximum absolute atomic E-state index is 5.01. The van der Waals surface area contributed by atoms with Crippen molar-refractivity contribution in [3.05, 3.63) is 35.0 Å². The highest BCUT2D eigenvalue weighted by molar-refractivity contribution is 7.16. The summed E-state index contributed by atoms with van der Waals surface area (Å²) in [5.74, 6) is 1.42. The van der Waals surface area contributed by atoms with Crippen molar-refractivity contribution < 1.29 is 0 Å². The molecule has 0 spiro atoms. The molecule has 1 aromatic heterocycles. The van der Waals surface area contributed by atoms with Gasteiger partial charge in [0, 0.05) is 31.6 Å². The quantitative estimate of drug-likeness (QED) is 0.830. The van der Waals surface area contributed by atoms with Crippen molar-refractivity contribution in [2.75, 3.05) is 25.0 Å². The molecular formula is C18H23N5S. The molecular weight excluding hydrogens is 318 g/mol. The van der Waals surface area contributed by atoms with E-state index in [2.05, 4.69) is 48.4 Å². The normalized spacial score (nSPS) is 20.1. The Morgan fingerprint density at radius 3 is 2.92 bits per heavy atom. The first-order valence-electron chi connectivity index (χ1n) is 8.56. The molecule has 0 bridgehead atoms. The predicted molar refractivity (Wildman–Crippen MR) is 101 cm³/mol. The van der Waals surface area contributed by atoms with Gasteiger partial charge in [-0.1, -0.05) is 26.0 Å². The van der Waals surface area contributed by atoms with Crippen LogP contribution in [0.1, 0.15) is 37.4 Å². The molecule has 0 saturated carbocycles. The standard InChI is InChI=1S/C18H23N5S/c1-11(2)17-22-15-16(23-9-8-19-12(3)10-23)20-13-6-4-5-7-14(13)21-18(15)24-17/h4-7,11-12,19,21H,8-10H2,1-3H3/t12-/m0/s1. The smallest absolute Gasteiger partial charge is 0.158 e. The van der Waals surface area contributed by atoms with Crippen LogP contribution in [0.5, 0.6) is 0 Å². The number of nitrogens with one attached hydrogen (secondary N) is 2. The average molecular weight is 341 g/mol. The third kappa shape index (κ3) is 2.80. The van der Waals surface area contributed by atoms with Gasteiger partial charge in [-0.15, -0.1) is 11.3 Å². The fourth-order valence-electron chi connectivity index (χ4n) is 3.13. The van der Waals surface area contributed by atoms with E-state index < -0.39 is 0 Å². The molecule has 0 radical (unpaired) electrons. The number of amidine groups is 1. The lowest BCUT2D eigenvalue weighted by Crippen LogP contribution is -2.51. The van der Waals surface area contributed by atoms with E-state index in [0.29, 0.717) is 12.0 Å². The van der Waals surface area contributed by atoms with Gasteiger partial charge in [0.15, 0.2) is 5.84 Å². The second-order valence-electron chi connectivity index (χ2n) is 6.76. The van der Waals surface area contributed by atoms with E-state index in [1.807, 2.05) is 12.1 Å². The maximum Gasteiger partial charge on any atom is 0.158 e. The van der Waals surface area contributed by atoms with Crippen LogP contribution in [0.4, 0.5) is 16.4 Å². The zero-order chi connectivity index (χ0) is 16.7.